The molecule has 1 aromatic heterocycles. The number of rotatable bonds is 2. The summed E-state index contributed by atoms with van der Waals surface area (Å²) in [5, 5.41) is 8.15. The maximum Gasteiger partial charge on any atom is 0.170 e. The SMILES string of the molecule is Fc1ccc(Cc2cc(Cl)c(Cl)nn2)cc1. The van der Waals surface area contributed by atoms with Crippen molar-refractivity contribution in [2.45, 2.75) is 6.42 Å². The van der Waals surface area contributed by atoms with Gasteiger partial charge < -0.3 is 0 Å². The zero-order chi connectivity index (χ0) is 11.5. The van der Waals surface area contributed by atoms with Gasteiger partial charge in [0.2, 0.25) is 0 Å². The Kier molecular flexibility index (Phi) is 3.36. The summed E-state index contributed by atoms with van der Waals surface area (Å²) in [5.41, 5.74) is 1.63. The number of aromatic nitrogens is 2. The lowest BCUT2D eigenvalue weighted by molar-refractivity contribution is 0.627. The first-order chi connectivity index (χ1) is 7.65. The molecule has 82 valence electrons. The summed E-state index contributed by atoms with van der Waals surface area (Å²) in [6.45, 7) is 0. The van der Waals surface area contributed by atoms with Crippen molar-refractivity contribution < 1.29 is 4.39 Å². The first-order valence-corrected chi connectivity index (χ1v) is 5.33. The molecule has 1 aromatic carbocycles. The minimum Gasteiger partial charge on any atom is -0.207 e. The van der Waals surface area contributed by atoms with Crippen molar-refractivity contribution in [1.29, 1.82) is 0 Å². The Hall–Kier alpha value is -1.19. The van der Waals surface area contributed by atoms with E-state index < -0.39 is 0 Å². The van der Waals surface area contributed by atoms with Crippen LogP contribution in [0.3, 0.4) is 0 Å². The van der Waals surface area contributed by atoms with Gasteiger partial charge in [0.25, 0.3) is 0 Å². The molecular weight excluding hydrogens is 250 g/mol. The van der Waals surface area contributed by atoms with Gasteiger partial charge in [-0.3, -0.25) is 0 Å². The van der Waals surface area contributed by atoms with Gasteiger partial charge in [0.15, 0.2) is 5.15 Å². The monoisotopic (exact) mass is 256 g/mol. The molecule has 5 heteroatoms. The molecule has 0 N–H and O–H groups in total. The van der Waals surface area contributed by atoms with E-state index in [0.29, 0.717) is 17.1 Å². The van der Waals surface area contributed by atoms with Gasteiger partial charge in [-0.25, -0.2) is 4.39 Å². The second kappa shape index (κ2) is 4.76. The van der Waals surface area contributed by atoms with Crippen LogP contribution < -0.4 is 0 Å². The van der Waals surface area contributed by atoms with Crippen LogP contribution in [0.2, 0.25) is 10.2 Å². The Labute approximate surface area is 102 Å². The zero-order valence-electron chi connectivity index (χ0n) is 8.12. The molecule has 0 fully saturated rings. The molecule has 0 bridgehead atoms. The molecule has 16 heavy (non-hydrogen) atoms. The molecule has 0 radical (unpaired) electrons. The second-order valence-corrected chi connectivity index (χ2v) is 4.04. The highest BCUT2D eigenvalue weighted by atomic mass is 35.5. The molecule has 0 saturated heterocycles. The van der Waals surface area contributed by atoms with E-state index in [9.17, 15) is 4.39 Å². The van der Waals surface area contributed by atoms with E-state index in [1.807, 2.05) is 0 Å². The molecule has 0 spiro atoms. The summed E-state index contributed by atoms with van der Waals surface area (Å²) < 4.78 is 12.7. The molecule has 1 heterocycles. The lowest BCUT2D eigenvalue weighted by Gasteiger charge is -2.01. The average Bonchev–Trinajstić information content (AvgIpc) is 2.27. The summed E-state index contributed by atoms with van der Waals surface area (Å²) in [7, 11) is 0. The molecule has 2 aromatic rings. The van der Waals surface area contributed by atoms with Crippen molar-refractivity contribution in [3.8, 4) is 0 Å². The normalized spacial score (nSPS) is 10.4. The lowest BCUT2D eigenvalue weighted by atomic mass is 10.1. The number of hydrogen-bond donors (Lipinski definition) is 0. The van der Waals surface area contributed by atoms with Gasteiger partial charge in [-0.05, 0) is 23.8 Å². The number of halogens is 3. The summed E-state index contributed by atoms with van der Waals surface area (Å²) in [5.74, 6) is -0.260. The maximum atomic E-state index is 12.7. The van der Waals surface area contributed by atoms with Crippen molar-refractivity contribution in [3.63, 3.8) is 0 Å². The van der Waals surface area contributed by atoms with Gasteiger partial charge >= 0.3 is 0 Å². The Balaban J connectivity index is 2.20. The molecule has 2 nitrogen and oxygen atoms in total. The molecule has 0 unspecified atom stereocenters. The third-order valence-corrected chi connectivity index (χ3v) is 2.72. The van der Waals surface area contributed by atoms with E-state index in [-0.39, 0.29) is 11.0 Å². The van der Waals surface area contributed by atoms with Crippen LogP contribution in [0.1, 0.15) is 11.3 Å². The summed E-state index contributed by atoms with van der Waals surface area (Å²) in [6.07, 6.45) is 0.546. The smallest absolute Gasteiger partial charge is 0.170 e. The first-order valence-electron chi connectivity index (χ1n) is 4.57. The fourth-order valence-corrected chi connectivity index (χ4v) is 1.54. The quantitative estimate of drug-likeness (QED) is 0.822. The van der Waals surface area contributed by atoms with Gasteiger partial charge in [0.05, 0.1) is 10.7 Å². The van der Waals surface area contributed by atoms with Gasteiger partial charge in [-0.15, -0.1) is 5.10 Å². The van der Waals surface area contributed by atoms with Crippen LogP contribution in [0.5, 0.6) is 0 Å². The fraction of sp³-hybridized carbons (Fsp3) is 0.0909. The molecular formula is C11H7Cl2FN2. The summed E-state index contributed by atoms with van der Waals surface area (Å²) >= 11 is 11.5. The minimum atomic E-state index is -0.260. The predicted molar refractivity (Wildman–Crippen MR) is 61.3 cm³/mol. The van der Waals surface area contributed by atoms with Crippen LogP contribution in [0.4, 0.5) is 4.39 Å². The number of nitrogens with zero attached hydrogens (tertiary/aromatic N) is 2. The van der Waals surface area contributed by atoms with E-state index in [2.05, 4.69) is 10.2 Å². The molecule has 0 aliphatic heterocycles. The molecule has 0 aliphatic rings. The summed E-state index contributed by atoms with van der Waals surface area (Å²) in [6, 6.07) is 7.85. The van der Waals surface area contributed by atoms with E-state index in [0.717, 1.165) is 5.56 Å². The Morgan fingerprint density at radius 2 is 1.75 bits per heavy atom. The Bertz CT molecular complexity index is 500. The van der Waals surface area contributed by atoms with Crippen molar-refractivity contribution in [2.24, 2.45) is 0 Å². The fourth-order valence-electron chi connectivity index (χ4n) is 1.29. The third-order valence-electron chi connectivity index (χ3n) is 2.06. The van der Waals surface area contributed by atoms with Crippen molar-refractivity contribution in [1.82, 2.24) is 10.2 Å². The van der Waals surface area contributed by atoms with Gasteiger partial charge in [-0.1, -0.05) is 35.3 Å². The van der Waals surface area contributed by atoms with E-state index in [4.69, 9.17) is 23.2 Å². The van der Waals surface area contributed by atoms with Crippen LogP contribution in [0.25, 0.3) is 0 Å². The molecule has 0 atom stereocenters. The van der Waals surface area contributed by atoms with Crippen LogP contribution in [-0.4, -0.2) is 10.2 Å². The van der Waals surface area contributed by atoms with Gasteiger partial charge in [-0.2, -0.15) is 5.10 Å². The van der Waals surface area contributed by atoms with Crippen LogP contribution >= 0.6 is 23.2 Å². The van der Waals surface area contributed by atoms with Gasteiger partial charge in [0, 0.05) is 6.42 Å². The van der Waals surface area contributed by atoms with Crippen molar-refractivity contribution >= 4 is 23.2 Å². The van der Waals surface area contributed by atoms with E-state index in [1.54, 1.807) is 18.2 Å². The topological polar surface area (TPSA) is 25.8 Å². The first kappa shape index (κ1) is 11.3. The molecule has 2 rings (SSSR count). The highest BCUT2D eigenvalue weighted by Gasteiger charge is 2.03. The Morgan fingerprint density at radius 1 is 1.06 bits per heavy atom. The van der Waals surface area contributed by atoms with Crippen LogP contribution in [0.15, 0.2) is 30.3 Å². The molecule has 0 amide bonds. The minimum absolute atomic E-state index is 0.185. The molecule has 0 saturated carbocycles. The van der Waals surface area contributed by atoms with Crippen LogP contribution in [0, 0.1) is 5.82 Å². The summed E-state index contributed by atoms with van der Waals surface area (Å²) in [4.78, 5) is 0. The standard InChI is InChI=1S/C11H7Cl2FN2/c12-10-6-9(15-16-11(10)13)5-7-1-3-8(14)4-2-7/h1-4,6H,5H2. The maximum absolute atomic E-state index is 12.7. The molecule has 0 aliphatic carbocycles. The zero-order valence-corrected chi connectivity index (χ0v) is 9.63. The lowest BCUT2D eigenvalue weighted by Crippen LogP contribution is -1.95. The van der Waals surface area contributed by atoms with Crippen molar-refractivity contribution in [2.75, 3.05) is 0 Å². The largest absolute Gasteiger partial charge is 0.207 e. The second-order valence-electron chi connectivity index (χ2n) is 3.28. The van der Waals surface area contributed by atoms with E-state index >= 15 is 0 Å². The van der Waals surface area contributed by atoms with Crippen molar-refractivity contribution in [3.05, 3.63) is 57.6 Å². The average molecular weight is 257 g/mol. The highest BCUT2D eigenvalue weighted by Crippen LogP contribution is 2.19. The third kappa shape index (κ3) is 2.68. The number of hydrogen-bond acceptors (Lipinski definition) is 2. The van der Waals surface area contributed by atoms with Crippen LogP contribution in [-0.2, 0) is 6.42 Å². The highest BCUT2D eigenvalue weighted by molar-refractivity contribution is 6.41. The van der Waals surface area contributed by atoms with Gasteiger partial charge in [0.1, 0.15) is 5.82 Å². The van der Waals surface area contributed by atoms with E-state index in [1.165, 1.54) is 12.1 Å². The Morgan fingerprint density at radius 3 is 2.38 bits per heavy atom. The number of benzene rings is 1. The predicted octanol–water partition coefficient (Wildman–Crippen LogP) is 3.51.